The third-order valence-electron chi connectivity index (χ3n) is 6.12. The van der Waals surface area contributed by atoms with Crippen LogP contribution in [0.25, 0.3) is 0 Å². The van der Waals surface area contributed by atoms with Gasteiger partial charge in [-0.05, 0) is 54.3 Å². The SMILES string of the molecule is COc1cc2c(cc1OC)[C@H]([C@H](C)NC(=O)c1ccccc1)N(Cc1ccccc1)CC2. The van der Waals surface area contributed by atoms with E-state index in [2.05, 4.69) is 53.5 Å². The number of hydrogen-bond donors (Lipinski definition) is 1. The molecule has 166 valence electrons. The second-order valence-electron chi connectivity index (χ2n) is 8.19. The summed E-state index contributed by atoms with van der Waals surface area (Å²) in [7, 11) is 3.32. The second kappa shape index (κ2) is 9.88. The van der Waals surface area contributed by atoms with E-state index in [4.69, 9.17) is 9.47 Å². The van der Waals surface area contributed by atoms with Gasteiger partial charge in [0.1, 0.15) is 0 Å². The third-order valence-corrected chi connectivity index (χ3v) is 6.12. The Labute approximate surface area is 190 Å². The van der Waals surface area contributed by atoms with Crippen molar-refractivity contribution in [1.29, 1.82) is 0 Å². The molecule has 1 amide bonds. The molecule has 3 aromatic carbocycles. The molecule has 32 heavy (non-hydrogen) atoms. The van der Waals surface area contributed by atoms with Crippen LogP contribution in [-0.4, -0.2) is 37.6 Å². The van der Waals surface area contributed by atoms with E-state index in [0.29, 0.717) is 11.3 Å². The summed E-state index contributed by atoms with van der Waals surface area (Å²) in [5, 5.41) is 3.24. The molecule has 5 heteroatoms. The maximum absolute atomic E-state index is 12.9. The molecule has 0 aliphatic carbocycles. The largest absolute Gasteiger partial charge is 0.493 e. The summed E-state index contributed by atoms with van der Waals surface area (Å²) in [6.07, 6.45) is 0.915. The molecule has 1 aliphatic rings. The molecule has 2 atom stereocenters. The number of nitrogens with zero attached hydrogens (tertiary/aromatic N) is 1. The maximum atomic E-state index is 12.9. The van der Waals surface area contributed by atoms with Crippen molar-refractivity contribution in [2.45, 2.75) is 32.0 Å². The van der Waals surface area contributed by atoms with Crippen LogP contribution < -0.4 is 14.8 Å². The van der Waals surface area contributed by atoms with Crippen LogP contribution in [0.3, 0.4) is 0 Å². The molecule has 0 saturated carbocycles. The molecular formula is C27H30N2O3. The Morgan fingerprint density at radius 1 is 1.00 bits per heavy atom. The van der Waals surface area contributed by atoms with Gasteiger partial charge >= 0.3 is 0 Å². The van der Waals surface area contributed by atoms with E-state index in [9.17, 15) is 4.79 Å². The predicted molar refractivity (Wildman–Crippen MR) is 126 cm³/mol. The summed E-state index contributed by atoms with van der Waals surface area (Å²) in [5.74, 6) is 1.38. The Morgan fingerprint density at radius 3 is 2.28 bits per heavy atom. The standard InChI is InChI=1S/C27H30N2O3/c1-19(28-27(30)21-12-8-5-9-13-21)26-23-17-25(32-3)24(31-2)16-22(23)14-15-29(26)18-20-10-6-4-7-11-20/h4-13,16-17,19,26H,14-15,18H2,1-3H3,(H,28,30)/t19-,26-/m0/s1. The van der Waals surface area contributed by atoms with Gasteiger partial charge in [0, 0.05) is 24.7 Å². The second-order valence-corrected chi connectivity index (χ2v) is 8.19. The number of carbonyl (C=O) groups is 1. The number of amides is 1. The highest BCUT2D eigenvalue weighted by Gasteiger charge is 2.33. The molecule has 4 rings (SSSR count). The average molecular weight is 431 g/mol. The smallest absolute Gasteiger partial charge is 0.251 e. The molecule has 0 saturated heterocycles. The molecule has 0 unspecified atom stereocenters. The topological polar surface area (TPSA) is 50.8 Å². The van der Waals surface area contributed by atoms with Crippen LogP contribution in [0.4, 0.5) is 0 Å². The predicted octanol–water partition coefficient (Wildman–Crippen LogP) is 4.62. The number of benzene rings is 3. The first-order chi connectivity index (χ1) is 15.6. The molecule has 0 fully saturated rings. The number of hydrogen-bond acceptors (Lipinski definition) is 4. The van der Waals surface area contributed by atoms with Crippen LogP contribution in [0, 0.1) is 0 Å². The van der Waals surface area contributed by atoms with Crippen LogP contribution >= 0.6 is 0 Å². The molecule has 1 heterocycles. The zero-order chi connectivity index (χ0) is 22.5. The first-order valence-corrected chi connectivity index (χ1v) is 11.0. The fourth-order valence-electron chi connectivity index (χ4n) is 4.57. The summed E-state index contributed by atoms with van der Waals surface area (Å²) in [6, 6.07) is 23.9. The molecule has 3 aromatic rings. The monoisotopic (exact) mass is 430 g/mol. The first-order valence-electron chi connectivity index (χ1n) is 11.0. The van der Waals surface area contributed by atoms with Gasteiger partial charge in [0.05, 0.1) is 20.3 Å². The van der Waals surface area contributed by atoms with Gasteiger partial charge in [-0.15, -0.1) is 0 Å². The molecule has 0 aromatic heterocycles. The first kappa shape index (κ1) is 21.9. The van der Waals surface area contributed by atoms with Crippen molar-refractivity contribution in [3.05, 3.63) is 95.1 Å². The summed E-state index contributed by atoms with van der Waals surface area (Å²) in [4.78, 5) is 15.4. The molecule has 1 N–H and O–H groups in total. The molecule has 0 radical (unpaired) electrons. The van der Waals surface area contributed by atoms with Crippen LogP contribution in [0.15, 0.2) is 72.8 Å². The van der Waals surface area contributed by atoms with E-state index in [1.54, 1.807) is 14.2 Å². The van der Waals surface area contributed by atoms with Crippen LogP contribution in [0.2, 0.25) is 0 Å². The zero-order valence-electron chi connectivity index (χ0n) is 18.9. The fraction of sp³-hybridized carbons (Fsp3) is 0.296. The van der Waals surface area contributed by atoms with Gasteiger partial charge in [-0.3, -0.25) is 9.69 Å². The third kappa shape index (κ3) is 4.63. The van der Waals surface area contributed by atoms with Gasteiger partial charge in [-0.25, -0.2) is 0 Å². The number of fused-ring (bicyclic) bond motifs is 1. The van der Waals surface area contributed by atoms with Gasteiger partial charge in [-0.1, -0.05) is 48.5 Å². The van der Waals surface area contributed by atoms with E-state index >= 15 is 0 Å². The molecule has 1 aliphatic heterocycles. The van der Waals surface area contributed by atoms with E-state index in [0.717, 1.165) is 25.3 Å². The van der Waals surface area contributed by atoms with Crippen molar-refractivity contribution < 1.29 is 14.3 Å². The Bertz CT molecular complexity index is 1050. The number of carbonyl (C=O) groups excluding carboxylic acids is 1. The van der Waals surface area contributed by atoms with Crippen molar-refractivity contribution >= 4 is 5.91 Å². The van der Waals surface area contributed by atoms with Gasteiger partial charge in [0.2, 0.25) is 0 Å². The lowest BCUT2D eigenvalue weighted by molar-refractivity contribution is 0.0877. The highest BCUT2D eigenvalue weighted by Crippen LogP contribution is 2.40. The zero-order valence-corrected chi connectivity index (χ0v) is 18.9. The molecule has 0 bridgehead atoms. The van der Waals surface area contributed by atoms with E-state index < -0.39 is 0 Å². The lowest BCUT2D eigenvalue weighted by Gasteiger charge is -2.41. The van der Waals surface area contributed by atoms with Crippen molar-refractivity contribution in [1.82, 2.24) is 10.2 Å². The van der Waals surface area contributed by atoms with Crippen molar-refractivity contribution in [2.75, 3.05) is 20.8 Å². The van der Waals surface area contributed by atoms with Gasteiger partial charge in [-0.2, -0.15) is 0 Å². The lowest BCUT2D eigenvalue weighted by atomic mass is 9.87. The van der Waals surface area contributed by atoms with Crippen LogP contribution in [-0.2, 0) is 13.0 Å². The Balaban J connectivity index is 1.68. The Hall–Kier alpha value is -3.31. The van der Waals surface area contributed by atoms with Crippen molar-refractivity contribution in [2.24, 2.45) is 0 Å². The Morgan fingerprint density at radius 2 is 1.62 bits per heavy atom. The minimum Gasteiger partial charge on any atom is -0.493 e. The van der Waals surface area contributed by atoms with Gasteiger partial charge in [0.25, 0.3) is 5.91 Å². The lowest BCUT2D eigenvalue weighted by Crippen LogP contribution is -2.47. The van der Waals surface area contributed by atoms with E-state index in [1.165, 1.54) is 16.7 Å². The minimum absolute atomic E-state index is 0.00595. The molecular weight excluding hydrogens is 400 g/mol. The molecule has 0 spiro atoms. The van der Waals surface area contributed by atoms with Crippen molar-refractivity contribution in [3.8, 4) is 11.5 Å². The summed E-state index contributed by atoms with van der Waals surface area (Å²) in [5.41, 5.74) is 4.32. The highest BCUT2D eigenvalue weighted by atomic mass is 16.5. The van der Waals surface area contributed by atoms with Gasteiger partial charge < -0.3 is 14.8 Å². The Kier molecular flexibility index (Phi) is 6.76. The number of ether oxygens (including phenoxy) is 2. The highest BCUT2D eigenvalue weighted by molar-refractivity contribution is 5.94. The fourth-order valence-corrected chi connectivity index (χ4v) is 4.57. The van der Waals surface area contributed by atoms with Crippen LogP contribution in [0.1, 0.15) is 40.0 Å². The van der Waals surface area contributed by atoms with E-state index in [-0.39, 0.29) is 18.0 Å². The summed E-state index contributed by atoms with van der Waals surface area (Å²) >= 11 is 0. The van der Waals surface area contributed by atoms with Gasteiger partial charge in [0.15, 0.2) is 11.5 Å². The number of nitrogens with one attached hydrogen (secondary N) is 1. The number of rotatable bonds is 7. The normalized spacial score (nSPS) is 16.7. The summed E-state index contributed by atoms with van der Waals surface area (Å²) < 4.78 is 11.1. The molecule has 5 nitrogen and oxygen atoms in total. The number of methoxy groups -OCH3 is 2. The summed E-state index contributed by atoms with van der Waals surface area (Å²) in [6.45, 7) is 3.79. The average Bonchev–Trinajstić information content (AvgIpc) is 2.84. The van der Waals surface area contributed by atoms with Crippen molar-refractivity contribution in [3.63, 3.8) is 0 Å². The quantitative estimate of drug-likeness (QED) is 0.594. The van der Waals surface area contributed by atoms with Crippen LogP contribution in [0.5, 0.6) is 11.5 Å². The minimum atomic E-state index is -0.108. The maximum Gasteiger partial charge on any atom is 0.251 e. The van der Waals surface area contributed by atoms with E-state index in [1.807, 2.05) is 36.4 Å².